The highest BCUT2D eigenvalue weighted by Crippen LogP contribution is 2.26. The number of oxazole rings is 1. The third-order valence-electron chi connectivity index (χ3n) is 3.91. The van der Waals surface area contributed by atoms with Gasteiger partial charge in [0.1, 0.15) is 6.26 Å². The van der Waals surface area contributed by atoms with Crippen LogP contribution in [0, 0.1) is 5.92 Å². The zero-order chi connectivity index (χ0) is 15.5. The molecule has 2 aromatic rings. The molecule has 22 heavy (non-hydrogen) atoms. The predicted octanol–water partition coefficient (Wildman–Crippen LogP) is 2.32. The molecule has 0 radical (unpaired) electrons. The first-order valence-corrected chi connectivity index (χ1v) is 7.20. The predicted molar refractivity (Wildman–Crippen MR) is 78.2 cm³/mol. The molecule has 1 aromatic carbocycles. The lowest BCUT2D eigenvalue weighted by molar-refractivity contribution is -0.142. The number of amides is 1. The van der Waals surface area contributed by atoms with E-state index < -0.39 is 17.8 Å². The Kier molecular flexibility index (Phi) is 3.91. The van der Waals surface area contributed by atoms with E-state index >= 15 is 0 Å². The van der Waals surface area contributed by atoms with Crippen LogP contribution in [-0.2, 0) is 4.79 Å². The number of aliphatic carboxylic acids is 1. The molecule has 1 heterocycles. The standard InChI is InChI=1S/C16H16N2O4/c19-14(17-12-8-4-7-11(12)16(20)21)13-9-22-15(18-13)10-5-2-1-3-6-10/h1-3,5-6,9,11-12H,4,7-8H2,(H,17,19)(H,20,21)/t11-,12-/m1/s1. The lowest BCUT2D eigenvalue weighted by Crippen LogP contribution is -2.40. The third kappa shape index (κ3) is 2.86. The van der Waals surface area contributed by atoms with Crippen LogP contribution in [0.5, 0.6) is 0 Å². The molecule has 6 heteroatoms. The molecular weight excluding hydrogens is 284 g/mol. The zero-order valence-electron chi connectivity index (χ0n) is 11.9. The molecule has 1 aliphatic rings. The number of rotatable bonds is 4. The Morgan fingerprint density at radius 1 is 1.23 bits per heavy atom. The SMILES string of the molecule is O=C(N[C@@H]1CCC[C@H]1C(=O)O)c1coc(-c2ccccc2)n1. The average Bonchev–Trinajstić information content (AvgIpc) is 3.17. The van der Waals surface area contributed by atoms with E-state index in [2.05, 4.69) is 10.3 Å². The van der Waals surface area contributed by atoms with Crippen LogP contribution in [0.15, 0.2) is 41.0 Å². The lowest BCUT2D eigenvalue weighted by atomic mass is 10.0. The van der Waals surface area contributed by atoms with Crippen molar-refractivity contribution in [2.75, 3.05) is 0 Å². The summed E-state index contributed by atoms with van der Waals surface area (Å²) in [4.78, 5) is 27.5. The molecule has 0 saturated heterocycles. The number of nitrogens with zero attached hydrogens (tertiary/aromatic N) is 1. The highest BCUT2D eigenvalue weighted by Gasteiger charge is 2.34. The minimum absolute atomic E-state index is 0.162. The summed E-state index contributed by atoms with van der Waals surface area (Å²) in [6.45, 7) is 0. The van der Waals surface area contributed by atoms with E-state index in [1.807, 2.05) is 30.3 Å². The number of hydrogen-bond acceptors (Lipinski definition) is 4. The van der Waals surface area contributed by atoms with Gasteiger partial charge < -0.3 is 14.8 Å². The number of hydrogen-bond donors (Lipinski definition) is 2. The van der Waals surface area contributed by atoms with E-state index in [4.69, 9.17) is 9.52 Å². The van der Waals surface area contributed by atoms with Gasteiger partial charge in [-0.2, -0.15) is 0 Å². The minimum Gasteiger partial charge on any atom is -0.481 e. The number of aromatic nitrogens is 1. The smallest absolute Gasteiger partial charge is 0.308 e. The number of carboxylic acids is 1. The molecule has 1 aromatic heterocycles. The molecule has 1 saturated carbocycles. The van der Waals surface area contributed by atoms with Crippen molar-refractivity contribution in [2.45, 2.75) is 25.3 Å². The molecule has 1 aliphatic carbocycles. The van der Waals surface area contributed by atoms with Crippen LogP contribution in [0.25, 0.3) is 11.5 Å². The van der Waals surface area contributed by atoms with E-state index in [1.165, 1.54) is 6.26 Å². The van der Waals surface area contributed by atoms with E-state index in [1.54, 1.807) is 0 Å². The molecule has 0 bridgehead atoms. The number of carbonyl (C=O) groups is 2. The van der Waals surface area contributed by atoms with Crippen molar-refractivity contribution >= 4 is 11.9 Å². The molecule has 0 spiro atoms. The quantitative estimate of drug-likeness (QED) is 0.904. The van der Waals surface area contributed by atoms with Crippen LogP contribution in [-0.4, -0.2) is 28.0 Å². The molecule has 1 amide bonds. The Balaban J connectivity index is 1.71. The Bertz CT molecular complexity index is 680. The maximum absolute atomic E-state index is 12.2. The highest BCUT2D eigenvalue weighted by atomic mass is 16.4. The maximum Gasteiger partial charge on any atom is 0.308 e. The monoisotopic (exact) mass is 300 g/mol. The Morgan fingerprint density at radius 2 is 2.00 bits per heavy atom. The Hall–Kier alpha value is -2.63. The van der Waals surface area contributed by atoms with E-state index in [0.717, 1.165) is 12.0 Å². The van der Waals surface area contributed by atoms with Crippen molar-refractivity contribution in [3.05, 3.63) is 42.3 Å². The second-order valence-electron chi connectivity index (χ2n) is 5.36. The fourth-order valence-corrected chi connectivity index (χ4v) is 2.76. The third-order valence-corrected chi connectivity index (χ3v) is 3.91. The van der Waals surface area contributed by atoms with Gasteiger partial charge in [-0.25, -0.2) is 4.98 Å². The van der Waals surface area contributed by atoms with Gasteiger partial charge in [0.2, 0.25) is 5.89 Å². The fraction of sp³-hybridized carbons (Fsp3) is 0.312. The summed E-state index contributed by atoms with van der Waals surface area (Å²) in [6, 6.07) is 8.92. The van der Waals surface area contributed by atoms with Crippen molar-refractivity contribution in [1.29, 1.82) is 0 Å². The zero-order valence-corrected chi connectivity index (χ0v) is 11.9. The average molecular weight is 300 g/mol. The van der Waals surface area contributed by atoms with Crippen molar-refractivity contribution in [3.63, 3.8) is 0 Å². The van der Waals surface area contributed by atoms with Gasteiger partial charge in [-0.1, -0.05) is 24.6 Å². The number of carboxylic acid groups (broad SMARTS) is 1. The number of benzene rings is 1. The van der Waals surface area contributed by atoms with Crippen molar-refractivity contribution in [1.82, 2.24) is 10.3 Å². The summed E-state index contributed by atoms with van der Waals surface area (Å²) in [6.07, 6.45) is 3.36. The normalized spacial score (nSPS) is 20.7. The Labute approximate surface area is 127 Å². The molecule has 0 unspecified atom stereocenters. The molecule has 2 atom stereocenters. The largest absolute Gasteiger partial charge is 0.481 e. The number of nitrogens with one attached hydrogen (secondary N) is 1. The second kappa shape index (κ2) is 6.01. The molecule has 2 N–H and O–H groups in total. The van der Waals surface area contributed by atoms with Gasteiger partial charge in [0.15, 0.2) is 5.69 Å². The molecule has 6 nitrogen and oxygen atoms in total. The van der Waals surface area contributed by atoms with Gasteiger partial charge in [-0.3, -0.25) is 9.59 Å². The Morgan fingerprint density at radius 3 is 2.73 bits per heavy atom. The van der Waals surface area contributed by atoms with Crippen LogP contribution in [0.1, 0.15) is 29.8 Å². The van der Waals surface area contributed by atoms with Crippen LogP contribution >= 0.6 is 0 Å². The van der Waals surface area contributed by atoms with Gasteiger partial charge in [0.25, 0.3) is 5.91 Å². The van der Waals surface area contributed by atoms with E-state index in [0.29, 0.717) is 18.7 Å². The van der Waals surface area contributed by atoms with E-state index in [-0.39, 0.29) is 11.7 Å². The fourth-order valence-electron chi connectivity index (χ4n) is 2.76. The van der Waals surface area contributed by atoms with Gasteiger partial charge in [0.05, 0.1) is 5.92 Å². The van der Waals surface area contributed by atoms with Crippen molar-refractivity contribution in [2.24, 2.45) is 5.92 Å². The van der Waals surface area contributed by atoms with Gasteiger partial charge >= 0.3 is 5.97 Å². The van der Waals surface area contributed by atoms with Gasteiger partial charge in [-0.15, -0.1) is 0 Å². The van der Waals surface area contributed by atoms with Crippen molar-refractivity contribution in [3.8, 4) is 11.5 Å². The summed E-state index contributed by atoms with van der Waals surface area (Å²) in [5, 5.41) is 11.9. The molecule has 3 rings (SSSR count). The first-order chi connectivity index (χ1) is 10.6. The first kappa shape index (κ1) is 14.3. The molecule has 114 valence electrons. The van der Waals surface area contributed by atoms with Crippen LogP contribution in [0.2, 0.25) is 0 Å². The minimum atomic E-state index is -0.868. The highest BCUT2D eigenvalue weighted by molar-refractivity contribution is 5.93. The summed E-state index contributed by atoms with van der Waals surface area (Å²) in [5.74, 6) is -1.42. The van der Waals surface area contributed by atoms with E-state index in [9.17, 15) is 9.59 Å². The summed E-state index contributed by atoms with van der Waals surface area (Å²) in [5.41, 5.74) is 0.945. The van der Waals surface area contributed by atoms with Crippen LogP contribution in [0.3, 0.4) is 0 Å². The molecule has 0 aliphatic heterocycles. The first-order valence-electron chi connectivity index (χ1n) is 7.20. The molecular formula is C16H16N2O4. The van der Waals surface area contributed by atoms with Gasteiger partial charge in [-0.05, 0) is 25.0 Å². The second-order valence-corrected chi connectivity index (χ2v) is 5.36. The molecule has 1 fully saturated rings. The maximum atomic E-state index is 12.2. The summed E-state index contributed by atoms with van der Waals surface area (Å²) < 4.78 is 5.32. The van der Waals surface area contributed by atoms with Crippen molar-refractivity contribution < 1.29 is 19.1 Å². The van der Waals surface area contributed by atoms with Crippen LogP contribution < -0.4 is 5.32 Å². The lowest BCUT2D eigenvalue weighted by Gasteiger charge is -2.16. The summed E-state index contributed by atoms with van der Waals surface area (Å²) >= 11 is 0. The van der Waals surface area contributed by atoms with Crippen LogP contribution in [0.4, 0.5) is 0 Å². The topological polar surface area (TPSA) is 92.4 Å². The summed E-state index contributed by atoms with van der Waals surface area (Å²) in [7, 11) is 0. The number of carbonyl (C=O) groups excluding carboxylic acids is 1. The van der Waals surface area contributed by atoms with Gasteiger partial charge in [0, 0.05) is 11.6 Å².